The summed E-state index contributed by atoms with van der Waals surface area (Å²) in [6.07, 6.45) is 2.26. The number of piperidine rings is 1. The first-order valence-electron chi connectivity index (χ1n) is 21.6. The van der Waals surface area contributed by atoms with Crippen molar-refractivity contribution in [2.24, 2.45) is 10.3 Å². The van der Waals surface area contributed by atoms with Crippen molar-refractivity contribution in [1.82, 2.24) is 4.90 Å². The molecule has 304 valence electrons. The fraction of sp³-hybridized carbons (Fsp3) is 0.236. The summed E-state index contributed by atoms with van der Waals surface area (Å²) < 4.78 is 7.48. The monoisotopic (exact) mass is 801 g/mol. The van der Waals surface area contributed by atoms with Gasteiger partial charge in [-0.2, -0.15) is 0 Å². The Hall–Kier alpha value is -6.50. The zero-order valence-electron chi connectivity index (χ0n) is 35.5. The maximum Gasteiger partial charge on any atom is 0.346 e. The van der Waals surface area contributed by atoms with Crippen LogP contribution >= 0.6 is 0 Å². The van der Waals surface area contributed by atoms with Gasteiger partial charge in [0.2, 0.25) is 5.60 Å². The Labute approximate surface area is 358 Å². The van der Waals surface area contributed by atoms with Crippen molar-refractivity contribution in [2.45, 2.75) is 69.8 Å². The highest BCUT2D eigenvalue weighted by Crippen LogP contribution is 2.58. The number of fused-ring (bicyclic) bond motifs is 3. The molecule has 6 nitrogen and oxygen atoms in total. The van der Waals surface area contributed by atoms with Crippen LogP contribution in [0.4, 0.5) is 0 Å². The lowest BCUT2D eigenvalue weighted by Crippen LogP contribution is -2.69. The van der Waals surface area contributed by atoms with E-state index in [2.05, 4.69) is 209 Å². The van der Waals surface area contributed by atoms with Gasteiger partial charge in [0.1, 0.15) is 0 Å². The largest absolute Gasteiger partial charge is 0.422 e. The van der Waals surface area contributed by atoms with Crippen LogP contribution in [0.15, 0.2) is 180 Å². The first-order valence-corrected chi connectivity index (χ1v) is 21.6. The summed E-state index contributed by atoms with van der Waals surface area (Å²) in [5.74, 6) is -0.803. The Kier molecular flexibility index (Phi) is 9.84. The van der Waals surface area contributed by atoms with Gasteiger partial charge in [-0.05, 0) is 91.5 Å². The zero-order chi connectivity index (χ0) is 41.7. The Balaban J connectivity index is 1.23. The predicted octanol–water partition coefficient (Wildman–Crippen LogP) is 12.8. The molecule has 3 heterocycles. The van der Waals surface area contributed by atoms with Crippen LogP contribution in [-0.2, 0) is 14.4 Å². The van der Waals surface area contributed by atoms with Gasteiger partial charge < -0.3 is 14.4 Å². The van der Waals surface area contributed by atoms with Crippen molar-refractivity contribution in [1.29, 1.82) is 0 Å². The molecule has 0 aromatic heterocycles. The Bertz CT molecular complexity index is 2820. The fourth-order valence-electron chi connectivity index (χ4n) is 9.65. The van der Waals surface area contributed by atoms with Crippen LogP contribution in [0.5, 0.6) is 0 Å². The zero-order valence-corrected chi connectivity index (χ0v) is 35.5. The van der Waals surface area contributed by atoms with Gasteiger partial charge in [-0.15, -0.1) is 0 Å². The van der Waals surface area contributed by atoms with Crippen LogP contribution in [-0.4, -0.2) is 41.0 Å². The molecular weight excluding hydrogens is 751 g/mol. The Morgan fingerprint density at radius 2 is 1.16 bits per heavy atom. The van der Waals surface area contributed by atoms with E-state index in [1.165, 1.54) is 16.7 Å². The van der Waals surface area contributed by atoms with Crippen molar-refractivity contribution in [3.05, 3.63) is 208 Å². The third-order valence-corrected chi connectivity index (χ3v) is 13.2. The molecule has 1 unspecified atom stereocenters. The second-order valence-electron chi connectivity index (χ2n) is 17.4. The number of oxime groups is 2. The van der Waals surface area contributed by atoms with Crippen molar-refractivity contribution < 1.29 is 14.4 Å². The lowest BCUT2D eigenvalue weighted by molar-refractivity contribution is -0.279. The molecule has 61 heavy (non-hydrogen) atoms. The summed E-state index contributed by atoms with van der Waals surface area (Å²) in [5.41, 5.74) is 8.14. The van der Waals surface area contributed by atoms with Crippen molar-refractivity contribution in [3.8, 4) is 0 Å². The smallest absolute Gasteiger partial charge is 0.346 e. The number of benzene rings is 7. The molecule has 1 saturated heterocycles. The van der Waals surface area contributed by atoms with Gasteiger partial charge in [0.05, 0.1) is 18.2 Å². The van der Waals surface area contributed by atoms with Crippen molar-refractivity contribution >= 4 is 39.2 Å². The number of hydrogen-bond donors (Lipinski definition) is 0. The van der Waals surface area contributed by atoms with Crippen LogP contribution in [0.2, 0.25) is 0 Å². The highest BCUT2D eigenvalue weighted by molar-refractivity contribution is 6.09. The topological polar surface area (TPSA) is 55.7 Å². The van der Waals surface area contributed by atoms with Crippen LogP contribution in [0.3, 0.4) is 0 Å². The summed E-state index contributed by atoms with van der Waals surface area (Å²) in [7, 11) is 0. The number of rotatable bonds is 8. The molecule has 3 aliphatic rings. The van der Waals surface area contributed by atoms with E-state index >= 15 is 0 Å². The van der Waals surface area contributed by atoms with Gasteiger partial charge in [-0.25, -0.2) is 0 Å². The second-order valence-corrected chi connectivity index (χ2v) is 17.4. The molecule has 0 aliphatic carbocycles. The molecule has 1 fully saturated rings. The summed E-state index contributed by atoms with van der Waals surface area (Å²) >= 11 is 0. The number of ether oxygens (including phenoxy) is 1. The first-order chi connectivity index (χ1) is 29.7. The molecule has 7 aromatic rings. The van der Waals surface area contributed by atoms with Gasteiger partial charge in [0.25, 0.3) is 5.90 Å². The summed E-state index contributed by atoms with van der Waals surface area (Å²) in [5, 5.41) is 14.6. The molecule has 6 heteroatoms. The standard InChI is InChI=1S/C55H51N3O3/c1-36(2)39-25-29-44(30-26-39)52-51(50-24-14-20-43-18-10-12-23-49(43)50)54(60-56-52)35-58(38(5)41-15-7-6-8-16-41)34-47(33-46-21-13-19-42-17-9-11-22-48(42)46)55(54)59-53(57-61-55)45-31-27-40(28-32-45)37(3)4/h6-33,36-38,51H,34-35H2,1-5H3/t38-,51-,54?,55+/m1/s1. The highest BCUT2D eigenvalue weighted by atomic mass is 16.8. The maximum atomic E-state index is 7.48. The summed E-state index contributed by atoms with van der Waals surface area (Å²) in [4.78, 5) is 16.8. The van der Waals surface area contributed by atoms with Gasteiger partial charge >= 0.3 is 5.79 Å². The molecular formula is C55H51N3O3. The molecule has 0 radical (unpaired) electrons. The third-order valence-electron chi connectivity index (χ3n) is 13.2. The average molecular weight is 802 g/mol. The lowest BCUT2D eigenvalue weighted by atomic mass is 9.67. The molecule has 0 amide bonds. The molecule has 10 rings (SSSR count). The summed E-state index contributed by atoms with van der Waals surface area (Å²) in [6.45, 7) is 12.1. The van der Waals surface area contributed by atoms with E-state index in [9.17, 15) is 0 Å². The highest BCUT2D eigenvalue weighted by Gasteiger charge is 2.74. The molecule has 7 aromatic carbocycles. The van der Waals surface area contributed by atoms with Crippen LogP contribution < -0.4 is 0 Å². The van der Waals surface area contributed by atoms with Crippen molar-refractivity contribution in [3.63, 3.8) is 0 Å². The molecule has 4 atom stereocenters. The molecule has 0 saturated carbocycles. The molecule has 0 bridgehead atoms. The Morgan fingerprint density at radius 1 is 0.574 bits per heavy atom. The van der Waals surface area contributed by atoms with Gasteiger partial charge in [0.15, 0.2) is 0 Å². The Morgan fingerprint density at radius 3 is 1.85 bits per heavy atom. The third kappa shape index (κ3) is 6.61. The number of likely N-dealkylation sites (tertiary alicyclic amines) is 1. The number of nitrogens with zero attached hydrogens (tertiary/aromatic N) is 3. The van der Waals surface area contributed by atoms with Crippen molar-refractivity contribution in [2.75, 3.05) is 13.1 Å². The normalized spacial score (nSPS) is 22.5. The minimum atomic E-state index is -1.53. The van der Waals surface area contributed by atoms with Crippen LogP contribution in [0.25, 0.3) is 27.6 Å². The van der Waals surface area contributed by atoms with Gasteiger partial charge in [0, 0.05) is 29.3 Å². The van der Waals surface area contributed by atoms with E-state index in [-0.39, 0.29) is 6.04 Å². The summed E-state index contributed by atoms with van der Waals surface area (Å²) in [6, 6.07) is 58.1. The van der Waals surface area contributed by atoms with E-state index in [4.69, 9.17) is 24.7 Å². The lowest BCUT2D eigenvalue weighted by Gasteiger charge is -2.52. The molecule has 2 spiro atoms. The van der Waals surface area contributed by atoms with Crippen LogP contribution in [0.1, 0.15) is 97.4 Å². The average Bonchev–Trinajstić information content (AvgIpc) is 3.92. The maximum absolute atomic E-state index is 7.48. The number of hydrogen-bond acceptors (Lipinski definition) is 6. The predicted molar refractivity (Wildman–Crippen MR) is 248 cm³/mol. The van der Waals surface area contributed by atoms with Crippen LogP contribution in [0, 0.1) is 0 Å². The van der Waals surface area contributed by atoms with E-state index in [0.717, 1.165) is 55.1 Å². The molecule has 0 N–H and O–H groups in total. The van der Waals surface area contributed by atoms with E-state index < -0.39 is 17.3 Å². The quantitative estimate of drug-likeness (QED) is 0.154. The minimum Gasteiger partial charge on any atom is -0.422 e. The first kappa shape index (κ1) is 38.7. The van der Waals surface area contributed by atoms with Gasteiger partial charge in [-0.3, -0.25) is 4.90 Å². The fourth-order valence-corrected chi connectivity index (χ4v) is 9.65. The van der Waals surface area contributed by atoms with E-state index in [1.807, 2.05) is 0 Å². The molecule has 3 aliphatic heterocycles. The van der Waals surface area contributed by atoms with Gasteiger partial charge in [-0.1, -0.05) is 185 Å². The SMILES string of the molecule is CC(C)c1ccc(C2=NO[C@@]3(O2)C(=Cc2cccc4ccccc24)CN([C@H](C)c2ccccc2)CC32ON=C(c3ccc(C(C)C)cc3)[C@H]2c2cccc3ccccc23)cc1. The van der Waals surface area contributed by atoms with E-state index in [1.54, 1.807) is 0 Å². The van der Waals surface area contributed by atoms with E-state index in [0.29, 0.717) is 30.8 Å². The minimum absolute atomic E-state index is 0.00264. The second kappa shape index (κ2) is 15.5.